The van der Waals surface area contributed by atoms with Crippen molar-refractivity contribution in [3.05, 3.63) is 29.8 Å². The van der Waals surface area contributed by atoms with Crippen molar-refractivity contribution in [2.75, 3.05) is 0 Å². The molecule has 0 fully saturated rings. The summed E-state index contributed by atoms with van der Waals surface area (Å²) in [5.41, 5.74) is -0.794. The molecule has 1 aromatic rings. The van der Waals surface area contributed by atoms with Gasteiger partial charge in [-0.2, -0.15) is 13.2 Å². The Balaban J connectivity index is 0.00000121. The van der Waals surface area contributed by atoms with Gasteiger partial charge in [0.15, 0.2) is 0 Å². The van der Waals surface area contributed by atoms with Gasteiger partial charge in [0, 0.05) is 0 Å². The molecule has 0 N–H and O–H groups in total. The molecule has 5 heteroatoms. The Labute approximate surface area is 89.5 Å². The maximum Gasteiger partial charge on any atom is 1.00 e. The van der Waals surface area contributed by atoms with Crippen LogP contribution in [0.5, 0.6) is 5.75 Å². The third-order valence-corrected chi connectivity index (χ3v) is 1.18. The van der Waals surface area contributed by atoms with Crippen molar-refractivity contribution in [2.45, 2.75) is 6.18 Å². The summed E-state index contributed by atoms with van der Waals surface area (Å²) in [6.45, 7) is 0. The van der Waals surface area contributed by atoms with Gasteiger partial charge in [0.2, 0.25) is 0 Å². The molecule has 0 aliphatic heterocycles. The van der Waals surface area contributed by atoms with Gasteiger partial charge in [0.05, 0.1) is 5.56 Å². The van der Waals surface area contributed by atoms with E-state index in [9.17, 15) is 18.3 Å². The third-order valence-electron chi connectivity index (χ3n) is 1.18. The minimum Gasteiger partial charge on any atom is -0.872 e. The summed E-state index contributed by atoms with van der Waals surface area (Å²) in [6, 6.07) is 3.32. The molecule has 1 rings (SSSR count). The summed E-state index contributed by atoms with van der Waals surface area (Å²) < 4.78 is 35.5. The van der Waals surface area contributed by atoms with Crippen molar-refractivity contribution < 1.29 is 47.8 Å². The maximum atomic E-state index is 11.8. The summed E-state index contributed by atoms with van der Waals surface area (Å²) in [4.78, 5) is 0. The smallest absolute Gasteiger partial charge is 0.872 e. The van der Waals surface area contributed by atoms with E-state index >= 15 is 0 Å². The number of rotatable bonds is 0. The Hall–Kier alpha value is -0.190. The van der Waals surface area contributed by atoms with Crippen LogP contribution in [-0.2, 0) is 6.18 Å². The summed E-state index contributed by atoms with van der Waals surface area (Å²) >= 11 is 0. The fourth-order valence-electron chi connectivity index (χ4n) is 0.644. The molecule has 1 aromatic carbocycles. The quantitative estimate of drug-likeness (QED) is 0.463. The second-order valence-electron chi connectivity index (χ2n) is 2.02. The van der Waals surface area contributed by atoms with Crippen LogP contribution < -0.4 is 34.7 Å². The van der Waals surface area contributed by atoms with Gasteiger partial charge < -0.3 is 5.11 Å². The molecule has 0 amide bonds. The molecule has 0 heterocycles. The minimum absolute atomic E-state index is 0. The molecule has 0 radical (unpaired) electrons. The van der Waals surface area contributed by atoms with Crippen LogP contribution in [-0.4, -0.2) is 0 Å². The normalized spacial score (nSPS) is 10.6. The van der Waals surface area contributed by atoms with Crippen LogP contribution in [0.15, 0.2) is 24.3 Å². The Morgan fingerprint density at radius 2 is 1.42 bits per heavy atom. The zero-order chi connectivity index (χ0) is 8.48. The molecule has 0 aromatic heterocycles. The van der Waals surface area contributed by atoms with E-state index in [4.69, 9.17) is 0 Å². The van der Waals surface area contributed by atoms with E-state index < -0.39 is 17.5 Å². The molecule has 0 saturated heterocycles. The molecule has 0 aliphatic rings. The molecule has 0 aliphatic carbocycles. The minimum atomic E-state index is -4.35. The van der Waals surface area contributed by atoms with Crippen LogP contribution in [0.4, 0.5) is 13.2 Å². The Morgan fingerprint density at radius 3 is 1.75 bits per heavy atom. The molecule has 0 saturated carbocycles. The zero-order valence-corrected chi connectivity index (χ0v) is 8.35. The first kappa shape index (κ1) is 11.8. The van der Waals surface area contributed by atoms with Gasteiger partial charge >= 0.3 is 35.7 Å². The second kappa shape index (κ2) is 4.16. The molecule has 60 valence electrons. The van der Waals surface area contributed by atoms with Crippen LogP contribution in [0.2, 0.25) is 0 Å². The predicted octanol–water partition coefficient (Wildman–Crippen LogP) is -1.22. The maximum absolute atomic E-state index is 11.8. The van der Waals surface area contributed by atoms with Crippen LogP contribution in [0.1, 0.15) is 5.56 Å². The van der Waals surface area contributed by atoms with Crippen LogP contribution in [0.3, 0.4) is 0 Å². The van der Waals surface area contributed by atoms with Crippen LogP contribution >= 0.6 is 0 Å². The predicted molar refractivity (Wildman–Crippen MR) is 30.9 cm³/mol. The standard InChI is InChI=1S/C7H5F3O.Na/c8-7(9,10)5-1-3-6(11)4-2-5;/h1-4,11H;/q;+1/p-1. The zero-order valence-electron chi connectivity index (χ0n) is 6.35. The van der Waals surface area contributed by atoms with Crippen LogP contribution in [0.25, 0.3) is 0 Å². The molecular weight excluding hydrogens is 180 g/mol. The fraction of sp³-hybridized carbons (Fsp3) is 0.143. The average Bonchev–Trinajstić information content (AvgIpc) is 1.86. The van der Waals surface area contributed by atoms with Gasteiger partial charge in [-0.3, -0.25) is 0 Å². The number of hydrogen-bond donors (Lipinski definition) is 0. The monoisotopic (exact) mass is 184 g/mol. The average molecular weight is 184 g/mol. The van der Waals surface area contributed by atoms with E-state index in [0.717, 1.165) is 24.3 Å². The fourth-order valence-corrected chi connectivity index (χ4v) is 0.644. The first-order valence-electron chi connectivity index (χ1n) is 2.84. The molecule has 0 bridgehead atoms. The van der Waals surface area contributed by atoms with Gasteiger partial charge in [-0.15, -0.1) is 5.75 Å². The van der Waals surface area contributed by atoms with Crippen molar-refractivity contribution in [3.8, 4) is 5.75 Å². The molecule has 12 heavy (non-hydrogen) atoms. The van der Waals surface area contributed by atoms with E-state index in [-0.39, 0.29) is 29.6 Å². The number of alkyl halides is 3. The first-order chi connectivity index (χ1) is 5.00. The molecule has 0 spiro atoms. The van der Waals surface area contributed by atoms with E-state index in [1.807, 2.05) is 0 Å². The van der Waals surface area contributed by atoms with Gasteiger partial charge in [-0.25, -0.2) is 0 Å². The largest absolute Gasteiger partial charge is 1.00 e. The van der Waals surface area contributed by atoms with Crippen molar-refractivity contribution in [3.63, 3.8) is 0 Å². The molecule has 0 atom stereocenters. The van der Waals surface area contributed by atoms with Crippen molar-refractivity contribution >= 4 is 0 Å². The van der Waals surface area contributed by atoms with Gasteiger partial charge in [-0.1, -0.05) is 24.3 Å². The summed E-state index contributed by atoms with van der Waals surface area (Å²) in [7, 11) is 0. The van der Waals surface area contributed by atoms with E-state index in [2.05, 4.69) is 0 Å². The van der Waals surface area contributed by atoms with E-state index in [1.54, 1.807) is 0 Å². The molecular formula is C7H4F3NaO. The Morgan fingerprint density at radius 1 is 1.00 bits per heavy atom. The number of hydrogen-bond acceptors (Lipinski definition) is 1. The topological polar surface area (TPSA) is 23.1 Å². The van der Waals surface area contributed by atoms with Crippen LogP contribution in [0, 0.1) is 0 Å². The van der Waals surface area contributed by atoms with Gasteiger partial charge in [0.25, 0.3) is 0 Å². The third kappa shape index (κ3) is 3.05. The summed E-state index contributed by atoms with van der Waals surface area (Å²) in [5.74, 6) is -0.419. The Bertz CT molecular complexity index is 242. The van der Waals surface area contributed by atoms with Crippen molar-refractivity contribution in [2.24, 2.45) is 0 Å². The van der Waals surface area contributed by atoms with Crippen molar-refractivity contribution in [1.29, 1.82) is 0 Å². The summed E-state index contributed by atoms with van der Waals surface area (Å²) in [5, 5.41) is 10.4. The summed E-state index contributed by atoms with van der Waals surface area (Å²) in [6.07, 6.45) is -4.35. The number of benzene rings is 1. The molecule has 1 nitrogen and oxygen atoms in total. The van der Waals surface area contributed by atoms with E-state index in [1.165, 1.54) is 0 Å². The number of halogens is 3. The van der Waals surface area contributed by atoms with Gasteiger partial charge in [-0.05, 0) is 0 Å². The second-order valence-corrected chi connectivity index (χ2v) is 2.02. The van der Waals surface area contributed by atoms with E-state index in [0.29, 0.717) is 0 Å². The molecule has 0 unspecified atom stereocenters. The SMILES string of the molecule is [Na+].[O-]c1ccc(C(F)(F)F)cc1. The first-order valence-corrected chi connectivity index (χ1v) is 2.84. The van der Waals surface area contributed by atoms with Crippen molar-refractivity contribution in [1.82, 2.24) is 0 Å². The van der Waals surface area contributed by atoms with Gasteiger partial charge in [0.1, 0.15) is 0 Å². The Kier molecular flexibility index (Phi) is 4.10.